The van der Waals surface area contributed by atoms with Gasteiger partial charge >= 0.3 is 0 Å². The van der Waals surface area contributed by atoms with Gasteiger partial charge in [0.15, 0.2) is 0 Å². The van der Waals surface area contributed by atoms with Crippen LogP contribution in [0.5, 0.6) is 0 Å². The number of carbonyl (C=O) groups is 2. The number of hydrogen-bond donors (Lipinski definition) is 0. The van der Waals surface area contributed by atoms with Crippen molar-refractivity contribution in [2.24, 2.45) is 0 Å². The predicted molar refractivity (Wildman–Crippen MR) is 126 cm³/mol. The van der Waals surface area contributed by atoms with Gasteiger partial charge in [0.25, 0.3) is 0 Å². The number of nitrogens with zero attached hydrogens (tertiary/aromatic N) is 4. The topological polar surface area (TPSA) is 65.6 Å². The number of hydrazine groups is 2. The molecule has 2 aliphatic rings. The van der Waals surface area contributed by atoms with Crippen molar-refractivity contribution in [3.8, 4) is 0 Å². The van der Waals surface area contributed by atoms with Crippen molar-refractivity contribution in [1.29, 1.82) is 0 Å². The van der Waals surface area contributed by atoms with Gasteiger partial charge in [0.1, 0.15) is 0 Å². The van der Waals surface area contributed by atoms with E-state index in [0.717, 1.165) is 51.6 Å². The maximum Gasteiger partial charge on any atom is 0.236 e. The van der Waals surface area contributed by atoms with Gasteiger partial charge in [-0.3, -0.25) is 19.6 Å². The first-order valence-electron chi connectivity index (χ1n) is 12.5. The molecule has 0 unspecified atom stereocenters. The summed E-state index contributed by atoms with van der Waals surface area (Å²) in [6, 6.07) is 0.671. The Hall–Kier alpha value is -1.22. The highest BCUT2D eigenvalue weighted by molar-refractivity contribution is 5.76. The standard InChI is InChI=1S/C24H46N4O4/c1-7-23(29)27(25-15-9-11-21(25)17-31-5)19(3)13-14-20(4)28(24(30)8-2)26-16-10-12-22(26)18-32-6/h19-22H,7-18H2,1-6H3/t19-,20-,21+,22+/m1/s1. The minimum atomic E-state index is 0.0780. The molecule has 0 saturated carbocycles. The molecule has 0 aromatic carbocycles. The highest BCUT2D eigenvalue weighted by Crippen LogP contribution is 2.27. The molecule has 0 aromatic rings. The van der Waals surface area contributed by atoms with Gasteiger partial charge in [0, 0.05) is 52.2 Å². The van der Waals surface area contributed by atoms with Crippen molar-refractivity contribution >= 4 is 11.8 Å². The molecule has 0 spiro atoms. The van der Waals surface area contributed by atoms with Gasteiger partial charge in [0.05, 0.1) is 25.3 Å². The molecule has 2 saturated heterocycles. The van der Waals surface area contributed by atoms with Crippen LogP contribution in [-0.4, -0.2) is 96.5 Å². The Morgan fingerprint density at radius 3 is 1.50 bits per heavy atom. The molecule has 32 heavy (non-hydrogen) atoms. The van der Waals surface area contributed by atoms with Crippen LogP contribution in [0.15, 0.2) is 0 Å². The Kier molecular flexibility index (Phi) is 11.4. The third-order valence-electron chi connectivity index (χ3n) is 6.92. The first kappa shape index (κ1) is 27.0. The smallest absolute Gasteiger partial charge is 0.236 e. The lowest BCUT2D eigenvalue weighted by Gasteiger charge is -2.42. The number of amides is 2. The summed E-state index contributed by atoms with van der Waals surface area (Å²) in [5.41, 5.74) is 0. The van der Waals surface area contributed by atoms with Gasteiger partial charge < -0.3 is 9.47 Å². The summed E-state index contributed by atoms with van der Waals surface area (Å²) in [7, 11) is 3.45. The van der Waals surface area contributed by atoms with E-state index in [-0.39, 0.29) is 36.0 Å². The van der Waals surface area contributed by atoms with Crippen LogP contribution >= 0.6 is 0 Å². The first-order valence-corrected chi connectivity index (χ1v) is 12.5. The number of methoxy groups -OCH3 is 2. The average molecular weight is 455 g/mol. The minimum Gasteiger partial charge on any atom is -0.383 e. The second-order valence-electron chi connectivity index (χ2n) is 9.29. The molecular formula is C24H46N4O4. The number of ether oxygens (including phenoxy) is 2. The highest BCUT2D eigenvalue weighted by atomic mass is 16.5. The highest BCUT2D eigenvalue weighted by Gasteiger charge is 2.37. The SMILES string of the molecule is CCC(=O)N([C@H](C)CC[C@@H](C)N(C(=O)CC)N1CCC[C@H]1COC)N1CCC[C@H]1COC. The van der Waals surface area contributed by atoms with E-state index in [2.05, 4.69) is 23.9 Å². The van der Waals surface area contributed by atoms with Gasteiger partial charge in [-0.15, -0.1) is 0 Å². The summed E-state index contributed by atoms with van der Waals surface area (Å²) in [6.07, 6.45) is 6.95. The van der Waals surface area contributed by atoms with Crippen molar-refractivity contribution in [3.63, 3.8) is 0 Å². The average Bonchev–Trinajstić information content (AvgIpc) is 3.43. The number of hydrogen-bond acceptors (Lipinski definition) is 6. The lowest BCUT2D eigenvalue weighted by Crippen LogP contribution is -2.55. The van der Waals surface area contributed by atoms with E-state index in [1.54, 1.807) is 14.2 Å². The van der Waals surface area contributed by atoms with Crippen LogP contribution in [0.2, 0.25) is 0 Å². The maximum atomic E-state index is 12.9. The zero-order valence-corrected chi connectivity index (χ0v) is 21.2. The lowest BCUT2D eigenvalue weighted by molar-refractivity contribution is -0.163. The second-order valence-corrected chi connectivity index (χ2v) is 9.29. The zero-order valence-electron chi connectivity index (χ0n) is 21.2. The van der Waals surface area contributed by atoms with Crippen LogP contribution in [0.1, 0.15) is 79.1 Å². The van der Waals surface area contributed by atoms with E-state index in [4.69, 9.17) is 9.47 Å². The third kappa shape index (κ3) is 6.65. The monoisotopic (exact) mass is 454 g/mol. The molecule has 0 N–H and O–H groups in total. The maximum absolute atomic E-state index is 12.9. The minimum absolute atomic E-state index is 0.0780. The summed E-state index contributed by atoms with van der Waals surface area (Å²) < 4.78 is 10.8. The Bertz CT molecular complexity index is 540. The van der Waals surface area contributed by atoms with Gasteiger partial charge in [-0.2, -0.15) is 0 Å². The largest absolute Gasteiger partial charge is 0.383 e. The van der Waals surface area contributed by atoms with Crippen molar-refractivity contribution in [1.82, 2.24) is 20.0 Å². The van der Waals surface area contributed by atoms with Crippen LogP contribution < -0.4 is 0 Å². The van der Waals surface area contributed by atoms with Crippen LogP contribution in [0.4, 0.5) is 0 Å². The molecule has 0 aromatic heterocycles. The zero-order chi connectivity index (χ0) is 23.7. The normalized spacial score (nSPS) is 23.9. The molecule has 8 heteroatoms. The molecule has 0 radical (unpaired) electrons. The fourth-order valence-corrected chi connectivity index (χ4v) is 5.27. The number of rotatable bonds is 13. The fraction of sp³-hybridized carbons (Fsp3) is 0.917. The lowest BCUT2D eigenvalue weighted by atomic mass is 10.1. The van der Waals surface area contributed by atoms with Gasteiger partial charge in [-0.25, -0.2) is 10.0 Å². The van der Waals surface area contributed by atoms with Gasteiger partial charge in [0.2, 0.25) is 11.8 Å². The number of carbonyl (C=O) groups excluding carboxylic acids is 2. The Labute approximate surface area is 195 Å². The Morgan fingerprint density at radius 2 is 1.19 bits per heavy atom. The first-order chi connectivity index (χ1) is 15.4. The van der Waals surface area contributed by atoms with E-state index >= 15 is 0 Å². The molecule has 8 nitrogen and oxygen atoms in total. The van der Waals surface area contributed by atoms with Crippen LogP contribution in [0.25, 0.3) is 0 Å². The summed E-state index contributed by atoms with van der Waals surface area (Å²) >= 11 is 0. The summed E-state index contributed by atoms with van der Waals surface area (Å²) in [5, 5.41) is 8.43. The third-order valence-corrected chi connectivity index (χ3v) is 6.92. The molecule has 2 rings (SSSR count). The molecule has 4 atom stereocenters. The van der Waals surface area contributed by atoms with Crippen molar-refractivity contribution in [3.05, 3.63) is 0 Å². The molecule has 2 heterocycles. The van der Waals surface area contributed by atoms with Gasteiger partial charge in [-0.05, 0) is 52.4 Å². The molecule has 186 valence electrons. The summed E-state index contributed by atoms with van der Waals surface area (Å²) in [5.74, 6) is 0.323. The molecule has 2 fully saturated rings. The van der Waals surface area contributed by atoms with Crippen molar-refractivity contribution in [2.45, 2.75) is 103 Å². The van der Waals surface area contributed by atoms with Crippen molar-refractivity contribution < 1.29 is 19.1 Å². The molecule has 0 aliphatic carbocycles. The van der Waals surface area contributed by atoms with E-state index in [1.165, 1.54) is 0 Å². The summed E-state index contributed by atoms with van der Waals surface area (Å²) in [6.45, 7) is 11.2. The van der Waals surface area contributed by atoms with Crippen LogP contribution in [-0.2, 0) is 19.1 Å². The Morgan fingerprint density at radius 1 is 0.812 bits per heavy atom. The van der Waals surface area contributed by atoms with E-state index in [1.807, 2.05) is 23.9 Å². The van der Waals surface area contributed by atoms with E-state index < -0.39 is 0 Å². The summed E-state index contributed by atoms with van der Waals surface area (Å²) in [4.78, 5) is 25.8. The second kappa shape index (κ2) is 13.5. The predicted octanol–water partition coefficient (Wildman–Crippen LogP) is 3.07. The molecule has 2 amide bonds. The van der Waals surface area contributed by atoms with Crippen molar-refractivity contribution in [2.75, 3.05) is 40.5 Å². The van der Waals surface area contributed by atoms with E-state index in [0.29, 0.717) is 26.1 Å². The molecule has 2 aliphatic heterocycles. The van der Waals surface area contributed by atoms with E-state index in [9.17, 15) is 9.59 Å². The Balaban J connectivity index is 2.08. The fourth-order valence-electron chi connectivity index (χ4n) is 5.27. The molecule has 0 bridgehead atoms. The van der Waals surface area contributed by atoms with Gasteiger partial charge in [-0.1, -0.05) is 13.8 Å². The molecular weight excluding hydrogens is 408 g/mol. The van der Waals surface area contributed by atoms with Crippen LogP contribution in [0.3, 0.4) is 0 Å². The van der Waals surface area contributed by atoms with Crippen LogP contribution in [0, 0.1) is 0 Å². The quantitative estimate of drug-likeness (QED) is 0.426.